The van der Waals surface area contributed by atoms with E-state index in [0.29, 0.717) is 30.9 Å². The summed E-state index contributed by atoms with van der Waals surface area (Å²) in [6, 6.07) is 10.8. The molecule has 2 amide bonds. The molecule has 0 radical (unpaired) electrons. The number of benzene rings is 2. The van der Waals surface area contributed by atoms with E-state index >= 15 is 0 Å². The smallest absolute Gasteiger partial charge is 0.243 e. The number of aryl methyl sites for hydroxylation is 1. The highest BCUT2D eigenvalue weighted by molar-refractivity contribution is 7.88. The molecule has 2 aliphatic heterocycles. The van der Waals surface area contributed by atoms with Crippen LogP contribution in [0.4, 0.5) is 4.39 Å². The Morgan fingerprint density at radius 2 is 1.90 bits per heavy atom. The first-order valence-corrected chi connectivity index (χ1v) is 16.6. The highest BCUT2D eigenvalue weighted by Gasteiger charge is 2.42. The lowest BCUT2D eigenvalue weighted by atomic mass is 9.91. The maximum atomic E-state index is 14.5. The van der Waals surface area contributed by atoms with Crippen LogP contribution >= 0.6 is 0 Å². The van der Waals surface area contributed by atoms with Crippen LogP contribution in [0, 0.1) is 18.7 Å². The number of rotatable bonds is 12. The molecule has 3 N–H and O–H groups in total. The second-order valence-corrected chi connectivity index (χ2v) is 13.4. The zero-order valence-electron chi connectivity index (χ0n) is 24.7. The minimum absolute atomic E-state index is 0.00288. The van der Waals surface area contributed by atoms with Gasteiger partial charge in [-0.1, -0.05) is 41.9 Å². The number of hydrogen-bond acceptors (Lipinski definition) is 6. The largest absolute Gasteiger partial charge is 0.371 e. The van der Waals surface area contributed by atoms with Gasteiger partial charge in [-0.3, -0.25) is 9.59 Å². The molecule has 3 atom stereocenters. The quantitative estimate of drug-likeness (QED) is 0.312. The van der Waals surface area contributed by atoms with Crippen LogP contribution in [0.2, 0.25) is 0 Å². The van der Waals surface area contributed by atoms with Crippen molar-refractivity contribution < 1.29 is 27.1 Å². The fourth-order valence-corrected chi connectivity index (χ4v) is 6.50. The summed E-state index contributed by atoms with van der Waals surface area (Å²) in [6.07, 6.45) is 3.72. The van der Waals surface area contributed by atoms with E-state index in [-0.39, 0.29) is 31.3 Å². The van der Waals surface area contributed by atoms with Crippen molar-refractivity contribution in [2.75, 3.05) is 25.9 Å². The van der Waals surface area contributed by atoms with Crippen molar-refractivity contribution in [2.45, 2.75) is 70.4 Å². The standard InChI is InChI=1S/C30H42BFN4O5S/c1-20-5-3-4-6-22(20)17-34-29(37)28-16-25(41-19-23-8-9-24(31)15-26(23)32)18-36(28)30(38)27(35-42(2,39)40)10-7-21-11-13-33-14-12-21/h3-6,8-9,15,21,25,27-28,33,35H,7,10-14,16-19,31H2,1-2H3,(H,34,37)/t25-,27-,28+/m1/s1. The minimum Gasteiger partial charge on any atom is -0.371 e. The Kier molecular flexibility index (Phi) is 11.2. The Morgan fingerprint density at radius 3 is 2.60 bits per heavy atom. The van der Waals surface area contributed by atoms with Crippen LogP contribution < -0.4 is 20.8 Å². The highest BCUT2D eigenvalue weighted by Crippen LogP contribution is 2.26. The second-order valence-electron chi connectivity index (χ2n) is 11.6. The normalized spacial score (nSPS) is 20.4. The number of carbonyl (C=O) groups is 2. The number of likely N-dealkylation sites (tertiary alicyclic amines) is 1. The number of nitrogens with one attached hydrogen (secondary N) is 3. The summed E-state index contributed by atoms with van der Waals surface area (Å²) in [6.45, 7) is 4.16. The van der Waals surface area contributed by atoms with E-state index in [4.69, 9.17) is 4.74 Å². The topological polar surface area (TPSA) is 117 Å². The lowest BCUT2D eigenvalue weighted by Gasteiger charge is -2.30. The van der Waals surface area contributed by atoms with Crippen LogP contribution in [0.5, 0.6) is 0 Å². The Bertz CT molecular complexity index is 1350. The SMILES string of the molecule is Bc1ccc(CO[C@@H]2C[C@@H](C(=O)NCc3ccccc3C)N(C(=O)[C@@H](CCC3CCNCC3)NS(C)(=O)=O)C2)c(F)c1. The van der Waals surface area contributed by atoms with E-state index < -0.39 is 34.1 Å². The molecule has 9 nitrogen and oxygen atoms in total. The third kappa shape index (κ3) is 9.10. The average molecular weight is 601 g/mol. The fourth-order valence-electron chi connectivity index (χ4n) is 5.76. The maximum Gasteiger partial charge on any atom is 0.243 e. The predicted octanol–water partition coefficient (Wildman–Crippen LogP) is 0.893. The molecule has 0 saturated carbocycles. The summed E-state index contributed by atoms with van der Waals surface area (Å²) in [7, 11) is -1.89. The van der Waals surface area contributed by atoms with Crippen molar-refractivity contribution >= 4 is 35.1 Å². The van der Waals surface area contributed by atoms with Crippen molar-refractivity contribution in [3.8, 4) is 0 Å². The first-order valence-electron chi connectivity index (χ1n) is 14.7. The molecule has 2 aromatic carbocycles. The lowest BCUT2D eigenvalue weighted by molar-refractivity contribution is -0.140. The van der Waals surface area contributed by atoms with Gasteiger partial charge in [0.25, 0.3) is 0 Å². The van der Waals surface area contributed by atoms with Gasteiger partial charge < -0.3 is 20.3 Å². The molecule has 0 spiro atoms. The van der Waals surface area contributed by atoms with E-state index in [9.17, 15) is 22.4 Å². The summed E-state index contributed by atoms with van der Waals surface area (Å²) in [5.74, 6) is -0.757. The second kappa shape index (κ2) is 14.6. The van der Waals surface area contributed by atoms with Gasteiger partial charge in [0.05, 0.1) is 19.0 Å². The van der Waals surface area contributed by atoms with Gasteiger partial charge in [-0.2, -0.15) is 0 Å². The molecule has 42 heavy (non-hydrogen) atoms. The van der Waals surface area contributed by atoms with Gasteiger partial charge in [-0.25, -0.2) is 17.5 Å². The summed E-state index contributed by atoms with van der Waals surface area (Å²) < 4.78 is 47.5. The van der Waals surface area contributed by atoms with Gasteiger partial charge in [0, 0.05) is 25.1 Å². The molecule has 0 unspecified atom stereocenters. The van der Waals surface area contributed by atoms with Gasteiger partial charge in [0.1, 0.15) is 25.7 Å². The van der Waals surface area contributed by atoms with Crippen LogP contribution in [0.25, 0.3) is 0 Å². The summed E-state index contributed by atoms with van der Waals surface area (Å²) in [5, 5.41) is 6.27. The number of nitrogens with zero attached hydrogens (tertiary/aromatic N) is 1. The van der Waals surface area contributed by atoms with Gasteiger partial charge >= 0.3 is 0 Å². The summed E-state index contributed by atoms with van der Waals surface area (Å²) in [4.78, 5) is 28.9. The fraction of sp³-hybridized carbons (Fsp3) is 0.533. The average Bonchev–Trinajstić information content (AvgIpc) is 3.38. The molecule has 0 aliphatic carbocycles. The number of ether oxygens (including phenoxy) is 1. The van der Waals surface area contributed by atoms with Gasteiger partial charge in [0.15, 0.2) is 0 Å². The van der Waals surface area contributed by atoms with Crippen molar-refractivity contribution in [3.05, 3.63) is 65.0 Å². The van der Waals surface area contributed by atoms with Crippen LogP contribution in [-0.2, 0) is 37.5 Å². The predicted molar refractivity (Wildman–Crippen MR) is 163 cm³/mol. The molecule has 2 heterocycles. The minimum atomic E-state index is -3.69. The van der Waals surface area contributed by atoms with Gasteiger partial charge in [-0.05, 0) is 68.8 Å². The van der Waals surface area contributed by atoms with Crippen LogP contribution in [-0.4, -0.2) is 77.1 Å². The zero-order chi connectivity index (χ0) is 30.3. The Hall–Kier alpha value is -2.80. The molecule has 0 aromatic heterocycles. The zero-order valence-corrected chi connectivity index (χ0v) is 25.5. The maximum absolute atomic E-state index is 14.5. The molecule has 2 aliphatic rings. The first-order chi connectivity index (χ1) is 20.0. The summed E-state index contributed by atoms with van der Waals surface area (Å²) >= 11 is 0. The highest BCUT2D eigenvalue weighted by atomic mass is 32.2. The number of piperidine rings is 1. The van der Waals surface area contributed by atoms with E-state index in [1.54, 1.807) is 20.0 Å². The number of sulfonamides is 1. The molecular weight excluding hydrogens is 558 g/mol. The third-order valence-electron chi connectivity index (χ3n) is 8.22. The van der Waals surface area contributed by atoms with Crippen LogP contribution in [0.1, 0.15) is 48.8 Å². The van der Waals surface area contributed by atoms with E-state index in [2.05, 4.69) is 15.4 Å². The first kappa shape index (κ1) is 32.1. The Labute approximate surface area is 249 Å². The van der Waals surface area contributed by atoms with Gasteiger partial charge in [0.2, 0.25) is 21.8 Å². The van der Waals surface area contributed by atoms with Crippen molar-refractivity contribution in [1.29, 1.82) is 0 Å². The molecule has 228 valence electrons. The molecular formula is C30H42BFN4O5S. The van der Waals surface area contributed by atoms with Crippen molar-refractivity contribution in [3.63, 3.8) is 0 Å². The van der Waals surface area contributed by atoms with E-state index in [1.165, 1.54) is 11.0 Å². The Balaban J connectivity index is 1.50. The molecule has 2 fully saturated rings. The van der Waals surface area contributed by atoms with E-state index in [1.807, 2.05) is 31.2 Å². The third-order valence-corrected chi connectivity index (χ3v) is 8.94. The molecule has 0 bridgehead atoms. The molecule has 2 saturated heterocycles. The number of halogens is 1. The number of amides is 2. The molecule has 2 aromatic rings. The Morgan fingerprint density at radius 1 is 1.17 bits per heavy atom. The van der Waals surface area contributed by atoms with Crippen LogP contribution in [0.15, 0.2) is 42.5 Å². The van der Waals surface area contributed by atoms with Gasteiger partial charge in [-0.15, -0.1) is 0 Å². The van der Waals surface area contributed by atoms with Crippen molar-refractivity contribution in [2.24, 2.45) is 5.92 Å². The number of hydrogen-bond donors (Lipinski definition) is 3. The van der Waals surface area contributed by atoms with E-state index in [0.717, 1.165) is 48.8 Å². The summed E-state index contributed by atoms with van der Waals surface area (Å²) in [5.41, 5.74) is 3.19. The van der Waals surface area contributed by atoms with Crippen LogP contribution in [0.3, 0.4) is 0 Å². The number of carbonyl (C=O) groups excluding carboxylic acids is 2. The molecule has 4 rings (SSSR count). The van der Waals surface area contributed by atoms with Crippen molar-refractivity contribution in [1.82, 2.24) is 20.3 Å². The monoisotopic (exact) mass is 600 g/mol. The molecule has 12 heteroatoms. The lowest BCUT2D eigenvalue weighted by Crippen LogP contribution is -2.53.